The summed E-state index contributed by atoms with van der Waals surface area (Å²) in [6, 6.07) is 10.8. The number of hydrogen-bond acceptors (Lipinski definition) is 5. The van der Waals surface area contributed by atoms with Gasteiger partial charge in [-0.3, -0.25) is 4.79 Å². The first kappa shape index (κ1) is 15.7. The van der Waals surface area contributed by atoms with E-state index < -0.39 is 6.10 Å². The Bertz CT molecular complexity index is 656. The molecule has 1 heterocycles. The van der Waals surface area contributed by atoms with Crippen LogP contribution in [-0.2, 0) is 4.74 Å². The summed E-state index contributed by atoms with van der Waals surface area (Å²) >= 11 is 0. The summed E-state index contributed by atoms with van der Waals surface area (Å²) in [6.45, 7) is 0. The number of ether oxygens (including phenoxy) is 1. The van der Waals surface area contributed by atoms with Gasteiger partial charge in [-0.1, -0.05) is 35.5 Å². The fourth-order valence-electron chi connectivity index (χ4n) is 2.92. The number of aliphatic hydroxyl groups is 1. The van der Waals surface area contributed by atoms with Gasteiger partial charge in [0.1, 0.15) is 11.8 Å². The van der Waals surface area contributed by atoms with Gasteiger partial charge in [-0.25, -0.2) is 0 Å². The minimum Gasteiger partial charge on any atom is -0.388 e. The highest BCUT2D eigenvalue weighted by atomic mass is 16.5. The van der Waals surface area contributed by atoms with Crippen LogP contribution in [0.5, 0.6) is 0 Å². The molecule has 0 aliphatic heterocycles. The predicted molar refractivity (Wildman–Crippen MR) is 83.8 cm³/mol. The van der Waals surface area contributed by atoms with E-state index in [4.69, 9.17) is 9.26 Å². The third-order valence-electron chi connectivity index (χ3n) is 4.22. The van der Waals surface area contributed by atoms with Gasteiger partial charge >= 0.3 is 0 Å². The van der Waals surface area contributed by atoms with E-state index in [1.165, 1.54) is 0 Å². The fraction of sp³-hybridized carbons (Fsp3) is 0.412. The maximum absolute atomic E-state index is 12.3. The van der Waals surface area contributed by atoms with Gasteiger partial charge in [0, 0.05) is 18.7 Å². The quantitative estimate of drug-likeness (QED) is 0.901. The molecule has 0 unspecified atom stereocenters. The molecule has 1 saturated carbocycles. The number of nitrogens with one attached hydrogen (secondary N) is 1. The van der Waals surface area contributed by atoms with Gasteiger partial charge in [-0.05, 0) is 19.3 Å². The van der Waals surface area contributed by atoms with Gasteiger partial charge in [0.05, 0.1) is 12.1 Å². The van der Waals surface area contributed by atoms with Crippen molar-refractivity contribution < 1.29 is 19.2 Å². The van der Waals surface area contributed by atoms with Crippen molar-refractivity contribution >= 4 is 5.91 Å². The summed E-state index contributed by atoms with van der Waals surface area (Å²) in [5, 5.41) is 17.0. The zero-order valence-electron chi connectivity index (χ0n) is 12.9. The molecular weight excluding hydrogens is 296 g/mol. The Hall–Kier alpha value is -2.18. The van der Waals surface area contributed by atoms with E-state index in [-0.39, 0.29) is 23.8 Å². The number of hydrogen-bond donors (Lipinski definition) is 2. The summed E-state index contributed by atoms with van der Waals surface area (Å²) in [7, 11) is 1.57. The smallest absolute Gasteiger partial charge is 0.290 e. The number of nitrogens with zero attached hydrogens (tertiary/aromatic N) is 1. The molecule has 122 valence electrons. The van der Waals surface area contributed by atoms with Crippen molar-refractivity contribution in [3.63, 3.8) is 0 Å². The van der Waals surface area contributed by atoms with E-state index in [1.807, 2.05) is 30.3 Å². The van der Waals surface area contributed by atoms with E-state index in [1.54, 1.807) is 13.2 Å². The van der Waals surface area contributed by atoms with Crippen LogP contribution in [-0.4, -0.2) is 41.5 Å². The minimum atomic E-state index is -0.714. The van der Waals surface area contributed by atoms with E-state index in [0.29, 0.717) is 12.1 Å². The van der Waals surface area contributed by atoms with Crippen LogP contribution < -0.4 is 5.32 Å². The molecule has 1 aliphatic rings. The second-order valence-corrected chi connectivity index (χ2v) is 5.72. The first-order chi connectivity index (χ1) is 11.2. The lowest BCUT2D eigenvalue weighted by molar-refractivity contribution is -0.0514. The second kappa shape index (κ2) is 6.93. The normalized spacial score (nSPS) is 24.3. The van der Waals surface area contributed by atoms with Crippen LogP contribution in [0.2, 0.25) is 0 Å². The Labute approximate surface area is 134 Å². The summed E-state index contributed by atoms with van der Waals surface area (Å²) in [5.74, 6) is -0.240. The SMILES string of the molecule is CO[C@@H]1CCC[C@@H](NC(=O)c2cc(-c3ccccc3)no2)[C@H]1O. The van der Waals surface area contributed by atoms with Crippen molar-refractivity contribution in [2.24, 2.45) is 0 Å². The number of carbonyl (C=O) groups is 1. The average Bonchev–Trinajstić information content (AvgIpc) is 3.08. The Morgan fingerprint density at radius 3 is 2.87 bits per heavy atom. The van der Waals surface area contributed by atoms with Gasteiger partial charge in [0.15, 0.2) is 0 Å². The second-order valence-electron chi connectivity index (χ2n) is 5.72. The van der Waals surface area contributed by atoms with Gasteiger partial charge in [0.25, 0.3) is 5.91 Å². The molecule has 1 aromatic heterocycles. The molecule has 0 radical (unpaired) electrons. The highest BCUT2D eigenvalue weighted by molar-refractivity contribution is 5.92. The first-order valence-corrected chi connectivity index (χ1v) is 7.73. The highest BCUT2D eigenvalue weighted by Crippen LogP contribution is 2.23. The number of aromatic nitrogens is 1. The van der Waals surface area contributed by atoms with Crippen molar-refractivity contribution in [1.82, 2.24) is 10.5 Å². The molecule has 1 aliphatic carbocycles. The van der Waals surface area contributed by atoms with Crippen LogP contribution in [0, 0.1) is 0 Å². The van der Waals surface area contributed by atoms with Crippen molar-refractivity contribution in [1.29, 1.82) is 0 Å². The molecule has 0 spiro atoms. The molecule has 2 aromatic rings. The summed E-state index contributed by atoms with van der Waals surface area (Å²) in [6.07, 6.45) is 1.45. The standard InChI is InChI=1S/C17H20N2O4/c1-22-14-9-5-8-12(16(14)20)18-17(21)15-10-13(19-23-15)11-6-3-2-4-7-11/h2-4,6-7,10,12,14,16,20H,5,8-9H2,1H3,(H,18,21)/t12-,14-,16-/m1/s1. The molecule has 3 atom stereocenters. The van der Waals surface area contributed by atoms with E-state index in [9.17, 15) is 9.90 Å². The van der Waals surface area contributed by atoms with Gasteiger partial charge in [-0.2, -0.15) is 0 Å². The average molecular weight is 316 g/mol. The topological polar surface area (TPSA) is 84.6 Å². The van der Waals surface area contributed by atoms with Crippen molar-refractivity contribution in [2.45, 2.75) is 37.5 Å². The fourth-order valence-corrected chi connectivity index (χ4v) is 2.92. The lowest BCUT2D eigenvalue weighted by Gasteiger charge is -2.33. The molecule has 6 nitrogen and oxygen atoms in total. The molecule has 0 saturated heterocycles. The van der Waals surface area contributed by atoms with Gasteiger partial charge in [-0.15, -0.1) is 0 Å². The zero-order valence-corrected chi connectivity index (χ0v) is 12.9. The summed E-state index contributed by atoms with van der Waals surface area (Å²) < 4.78 is 10.4. The molecule has 1 amide bonds. The van der Waals surface area contributed by atoms with E-state index in [0.717, 1.165) is 18.4 Å². The van der Waals surface area contributed by atoms with Crippen molar-refractivity contribution in [3.05, 3.63) is 42.2 Å². The molecule has 1 aromatic carbocycles. The van der Waals surface area contributed by atoms with E-state index in [2.05, 4.69) is 10.5 Å². The maximum atomic E-state index is 12.3. The Kier molecular flexibility index (Phi) is 4.73. The van der Waals surface area contributed by atoms with Crippen LogP contribution in [0.25, 0.3) is 11.3 Å². The summed E-state index contributed by atoms with van der Waals surface area (Å²) in [4.78, 5) is 12.3. The van der Waals surface area contributed by atoms with Gasteiger partial charge < -0.3 is 19.7 Å². The van der Waals surface area contributed by atoms with Crippen LogP contribution in [0.3, 0.4) is 0 Å². The monoisotopic (exact) mass is 316 g/mol. The molecule has 0 bridgehead atoms. The molecule has 1 fully saturated rings. The molecule has 3 rings (SSSR count). The Balaban J connectivity index is 1.68. The number of rotatable bonds is 4. The maximum Gasteiger partial charge on any atom is 0.290 e. The lowest BCUT2D eigenvalue weighted by Crippen LogP contribution is -2.51. The number of methoxy groups -OCH3 is 1. The van der Waals surface area contributed by atoms with Gasteiger partial charge in [0.2, 0.25) is 5.76 Å². The van der Waals surface area contributed by atoms with Crippen LogP contribution in [0.4, 0.5) is 0 Å². The van der Waals surface area contributed by atoms with Crippen LogP contribution >= 0.6 is 0 Å². The number of amides is 1. The van der Waals surface area contributed by atoms with Crippen molar-refractivity contribution in [3.8, 4) is 11.3 Å². The van der Waals surface area contributed by atoms with Crippen LogP contribution in [0.15, 0.2) is 40.9 Å². The molecule has 23 heavy (non-hydrogen) atoms. The molecule has 2 N–H and O–H groups in total. The first-order valence-electron chi connectivity index (χ1n) is 7.73. The number of aliphatic hydroxyl groups excluding tert-OH is 1. The Morgan fingerprint density at radius 2 is 2.13 bits per heavy atom. The number of benzene rings is 1. The predicted octanol–water partition coefficient (Wildman–Crippen LogP) is 2.00. The molecule has 6 heteroatoms. The third-order valence-corrected chi connectivity index (χ3v) is 4.22. The summed E-state index contributed by atoms with van der Waals surface area (Å²) in [5.41, 5.74) is 1.49. The van der Waals surface area contributed by atoms with Crippen molar-refractivity contribution in [2.75, 3.05) is 7.11 Å². The Morgan fingerprint density at radius 1 is 1.35 bits per heavy atom. The van der Waals surface area contributed by atoms with E-state index >= 15 is 0 Å². The third kappa shape index (κ3) is 3.43. The molecular formula is C17H20N2O4. The lowest BCUT2D eigenvalue weighted by atomic mass is 9.90. The minimum absolute atomic E-state index is 0.135. The number of carbonyl (C=O) groups excluding carboxylic acids is 1. The highest BCUT2D eigenvalue weighted by Gasteiger charge is 2.33. The van der Waals surface area contributed by atoms with Crippen LogP contribution in [0.1, 0.15) is 29.8 Å². The zero-order chi connectivity index (χ0) is 16.2. The largest absolute Gasteiger partial charge is 0.388 e.